The Bertz CT molecular complexity index is 143. The summed E-state index contributed by atoms with van der Waals surface area (Å²) in [5.41, 5.74) is 1.44. The molecule has 1 spiro atoms. The zero-order chi connectivity index (χ0) is 7.24. The average molecular weight is 139 g/mol. The minimum absolute atomic E-state index is 0.676. The predicted molar refractivity (Wildman–Crippen MR) is 42.9 cm³/mol. The molecule has 0 unspecified atom stereocenters. The Morgan fingerprint density at radius 1 is 1.10 bits per heavy atom. The molecule has 1 nitrogen and oxygen atoms in total. The Morgan fingerprint density at radius 2 is 1.60 bits per heavy atom. The standard InChI is InChI=1S/C9H17N/c1-8(2)7-9(8)3-5-10-6-4-9/h10H,3-7H2,1-2H3. The molecule has 0 radical (unpaired) electrons. The van der Waals surface area contributed by atoms with Gasteiger partial charge in [-0.15, -0.1) is 0 Å². The van der Waals surface area contributed by atoms with E-state index in [-0.39, 0.29) is 0 Å². The van der Waals surface area contributed by atoms with E-state index in [1.165, 1.54) is 32.4 Å². The average Bonchev–Trinajstić information content (AvgIpc) is 2.36. The quantitative estimate of drug-likeness (QED) is 0.539. The third kappa shape index (κ3) is 0.731. The van der Waals surface area contributed by atoms with Crippen molar-refractivity contribution in [1.82, 2.24) is 5.32 Å². The lowest BCUT2D eigenvalue weighted by molar-refractivity contribution is 0.284. The first-order valence-corrected chi connectivity index (χ1v) is 4.37. The van der Waals surface area contributed by atoms with Crippen molar-refractivity contribution >= 4 is 0 Å². The Hall–Kier alpha value is -0.0400. The van der Waals surface area contributed by atoms with Gasteiger partial charge in [0.05, 0.1) is 0 Å². The monoisotopic (exact) mass is 139 g/mol. The van der Waals surface area contributed by atoms with Gasteiger partial charge in [-0.25, -0.2) is 0 Å². The smallest absolute Gasteiger partial charge is 0.00434 e. The van der Waals surface area contributed by atoms with Crippen LogP contribution in [0.25, 0.3) is 0 Å². The Balaban J connectivity index is 2.05. The van der Waals surface area contributed by atoms with Gasteiger partial charge in [0.1, 0.15) is 0 Å². The third-order valence-corrected chi connectivity index (χ3v) is 3.65. The minimum atomic E-state index is 0.676. The number of rotatable bonds is 0. The van der Waals surface area contributed by atoms with E-state index in [0.717, 1.165) is 5.41 Å². The highest BCUT2D eigenvalue weighted by molar-refractivity contribution is 5.10. The second-order valence-electron chi connectivity index (χ2n) is 4.59. The van der Waals surface area contributed by atoms with Gasteiger partial charge in [0.15, 0.2) is 0 Å². The molecule has 1 aliphatic heterocycles. The minimum Gasteiger partial charge on any atom is -0.317 e. The fraction of sp³-hybridized carbons (Fsp3) is 1.00. The van der Waals surface area contributed by atoms with E-state index in [0.29, 0.717) is 5.41 Å². The summed E-state index contributed by atoms with van der Waals surface area (Å²) in [7, 11) is 0. The van der Waals surface area contributed by atoms with Crippen LogP contribution >= 0.6 is 0 Å². The Morgan fingerprint density at radius 3 is 1.90 bits per heavy atom. The molecule has 1 heterocycles. The molecular weight excluding hydrogens is 122 g/mol. The van der Waals surface area contributed by atoms with Gasteiger partial charge in [-0.1, -0.05) is 13.8 Å². The molecule has 10 heavy (non-hydrogen) atoms. The maximum Gasteiger partial charge on any atom is -0.00434 e. The van der Waals surface area contributed by atoms with Crippen molar-refractivity contribution in [2.75, 3.05) is 13.1 Å². The SMILES string of the molecule is CC1(C)CC12CCNCC2. The second kappa shape index (κ2) is 1.76. The van der Waals surface area contributed by atoms with Crippen LogP contribution in [0.15, 0.2) is 0 Å². The lowest BCUT2D eigenvalue weighted by Crippen LogP contribution is -2.30. The van der Waals surface area contributed by atoms with Crippen LogP contribution in [-0.2, 0) is 0 Å². The van der Waals surface area contributed by atoms with Gasteiger partial charge >= 0.3 is 0 Å². The van der Waals surface area contributed by atoms with Gasteiger partial charge in [-0.05, 0) is 43.2 Å². The van der Waals surface area contributed by atoms with Crippen LogP contribution < -0.4 is 5.32 Å². The summed E-state index contributed by atoms with van der Waals surface area (Å²) >= 11 is 0. The van der Waals surface area contributed by atoms with Crippen molar-refractivity contribution in [2.45, 2.75) is 33.1 Å². The van der Waals surface area contributed by atoms with E-state index in [1.807, 2.05) is 0 Å². The van der Waals surface area contributed by atoms with Gasteiger partial charge in [0.25, 0.3) is 0 Å². The Labute approximate surface area is 63.2 Å². The van der Waals surface area contributed by atoms with E-state index >= 15 is 0 Å². The van der Waals surface area contributed by atoms with Gasteiger partial charge in [-0.2, -0.15) is 0 Å². The normalized spacial score (nSPS) is 34.2. The molecule has 0 aromatic rings. The van der Waals surface area contributed by atoms with E-state index in [4.69, 9.17) is 0 Å². The van der Waals surface area contributed by atoms with Gasteiger partial charge in [0.2, 0.25) is 0 Å². The maximum absolute atomic E-state index is 3.42. The summed E-state index contributed by atoms with van der Waals surface area (Å²) in [4.78, 5) is 0. The fourth-order valence-corrected chi connectivity index (χ4v) is 2.56. The molecule has 2 rings (SSSR count). The van der Waals surface area contributed by atoms with Crippen LogP contribution in [0.5, 0.6) is 0 Å². The first kappa shape index (κ1) is 6.66. The first-order valence-electron chi connectivity index (χ1n) is 4.37. The zero-order valence-electron chi connectivity index (χ0n) is 7.04. The molecule has 2 fully saturated rings. The Kier molecular flexibility index (Phi) is 1.17. The summed E-state index contributed by atoms with van der Waals surface area (Å²) in [5, 5.41) is 3.42. The molecule has 1 heteroatoms. The summed E-state index contributed by atoms with van der Waals surface area (Å²) in [6, 6.07) is 0. The number of piperidine rings is 1. The van der Waals surface area contributed by atoms with Crippen molar-refractivity contribution in [2.24, 2.45) is 10.8 Å². The molecule has 0 atom stereocenters. The first-order chi connectivity index (χ1) is 4.66. The van der Waals surface area contributed by atoms with Crippen LogP contribution in [0.1, 0.15) is 33.1 Å². The third-order valence-electron chi connectivity index (χ3n) is 3.65. The zero-order valence-corrected chi connectivity index (χ0v) is 7.04. The molecular formula is C9H17N. The van der Waals surface area contributed by atoms with Gasteiger partial charge in [0, 0.05) is 0 Å². The molecule has 1 saturated heterocycles. The summed E-state index contributed by atoms with van der Waals surface area (Å²) in [5.74, 6) is 0. The number of nitrogens with one attached hydrogen (secondary N) is 1. The molecule has 0 aromatic heterocycles. The lowest BCUT2D eigenvalue weighted by Gasteiger charge is -2.25. The van der Waals surface area contributed by atoms with Crippen LogP contribution in [0, 0.1) is 10.8 Å². The fourth-order valence-electron chi connectivity index (χ4n) is 2.56. The highest BCUT2D eigenvalue weighted by Crippen LogP contribution is 2.67. The topological polar surface area (TPSA) is 12.0 Å². The lowest BCUT2D eigenvalue weighted by atomic mass is 9.87. The molecule has 2 aliphatic rings. The van der Waals surface area contributed by atoms with E-state index < -0.39 is 0 Å². The molecule has 0 bridgehead atoms. The predicted octanol–water partition coefficient (Wildman–Crippen LogP) is 1.79. The van der Waals surface area contributed by atoms with Crippen molar-refractivity contribution in [3.8, 4) is 0 Å². The molecule has 0 amide bonds. The van der Waals surface area contributed by atoms with Crippen molar-refractivity contribution in [3.05, 3.63) is 0 Å². The highest BCUT2D eigenvalue weighted by atomic mass is 14.9. The highest BCUT2D eigenvalue weighted by Gasteiger charge is 2.60. The van der Waals surface area contributed by atoms with Gasteiger partial charge in [-0.3, -0.25) is 0 Å². The second-order valence-corrected chi connectivity index (χ2v) is 4.59. The summed E-state index contributed by atoms with van der Waals surface area (Å²) < 4.78 is 0. The van der Waals surface area contributed by atoms with Crippen LogP contribution in [0.2, 0.25) is 0 Å². The molecule has 0 aromatic carbocycles. The van der Waals surface area contributed by atoms with Crippen LogP contribution in [-0.4, -0.2) is 13.1 Å². The number of hydrogen-bond donors (Lipinski definition) is 1. The van der Waals surface area contributed by atoms with E-state index in [9.17, 15) is 0 Å². The summed E-state index contributed by atoms with van der Waals surface area (Å²) in [6.45, 7) is 7.34. The molecule has 58 valence electrons. The molecule has 1 saturated carbocycles. The van der Waals surface area contributed by atoms with Crippen molar-refractivity contribution in [1.29, 1.82) is 0 Å². The van der Waals surface area contributed by atoms with Gasteiger partial charge < -0.3 is 5.32 Å². The van der Waals surface area contributed by atoms with Crippen LogP contribution in [0.3, 0.4) is 0 Å². The molecule has 1 N–H and O–H groups in total. The number of hydrogen-bond acceptors (Lipinski definition) is 1. The van der Waals surface area contributed by atoms with E-state index in [2.05, 4.69) is 19.2 Å². The van der Waals surface area contributed by atoms with Crippen molar-refractivity contribution in [3.63, 3.8) is 0 Å². The van der Waals surface area contributed by atoms with E-state index in [1.54, 1.807) is 0 Å². The molecule has 1 aliphatic carbocycles. The largest absolute Gasteiger partial charge is 0.317 e. The summed E-state index contributed by atoms with van der Waals surface area (Å²) in [6.07, 6.45) is 4.31. The van der Waals surface area contributed by atoms with Crippen LogP contribution in [0.4, 0.5) is 0 Å². The maximum atomic E-state index is 3.42. The van der Waals surface area contributed by atoms with Crippen molar-refractivity contribution < 1.29 is 0 Å².